The Morgan fingerprint density at radius 2 is 1.88 bits per heavy atom. The van der Waals surface area contributed by atoms with E-state index in [1.807, 2.05) is 32.0 Å². The number of hydrogen-bond donors (Lipinski definition) is 1. The van der Waals surface area contributed by atoms with Crippen LogP contribution in [0.15, 0.2) is 34.6 Å². The molecule has 3 aromatic rings. The van der Waals surface area contributed by atoms with Crippen LogP contribution < -0.4 is 5.84 Å². The molecule has 1 aromatic carbocycles. The van der Waals surface area contributed by atoms with Crippen LogP contribution in [0.2, 0.25) is 0 Å². The average Bonchev–Trinajstić information content (AvgIpc) is 3.22. The monoisotopic (exact) mass is 408 g/mol. The molecule has 0 radical (unpaired) electrons. The minimum atomic E-state index is 0.0756. The van der Waals surface area contributed by atoms with Crippen LogP contribution in [0.25, 0.3) is 10.2 Å². The number of fused-ring (bicyclic) bond motifs is 1. The lowest BCUT2D eigenvalue weighted by atomic mass is 10.3. The van der Waals surface area contributed by atoms with Gasteiger partial charge in [0.15, 0.2) is 0 Å². The van der Waals surface area contributed by atoms with Gasteiger partial charge in [0, 0.05) is 13.1 Å². The molecule has 1 amide bonds. The number of thioether (sulfide) groups is 2. The van der Waals surface area contributed by atoms with E-state index in [9.17, 15) is 4.79 Å². The van der Waals surface area contributed by atoms with E-state index in [0.717, 1.165) is 10.5 Å². The van der Waals surface area contributed by atoms with Gasteiger partial charge in [-0.2, -0.15) is 0 Å². The van der Waals surface area contributed by atoms with Crippen molar-refractivity contribution in [3.05, 3.63) is 29.3 Å². The zero-order chi connectivity index (χ0) is 18.5. The van der Waals surface area contributed by atoms with Crippen LogP contribution in [0.3, 0.4) is 0 Å². The van der Waals surface area contributed by atoms with E-state index in [1.165, 1.54) is 32.9 Å². The molecule has 0 spiro atoms. The number of hydrogen-bond acceptors (Lipinski definition) is 8. The summed E-state index contributed by atoms with van der Waals surface area (Å²) in [5.74, 6) is 7.14. The zero-order valence-electron chi connectivity index (χ0n) is 14.6. The molecule has 2 N–H and O–H groups in total. The number of para-hydroxylation sites is 1. The van der Waals surface area contributed by atoms with Crippen molar-refractivity contribution in [1.29, 1.82) is 0 Å². The van der Waals surface area contributed by atoms with Gasteiger partial charge in [-0.1, -0.05) is 35.7 Å². The standard InChI is InChI=1S/C16H20N6OS3/c1-3-21(4-2)14(23)10-25-16-20-19-15(22(16)17)24-9-13-18-11-7-5-6-8-12(11)26-13/h5-8H,3-4,9-10,17H2,1-2H3. The van der Waals surface area contributed by atoms with Crippen LogP contribution in [0.1, 0.15) is 18.9 Å². The first kappa shape index (κ1) is 19.0. The van der Waals surface area contributed by atoms with Crippen LogP contribution in [-0.2, 0) is 10.5 Å². The van der Waals surface area contributed by atoms with Crippen molar-refractivity contribution in [3.8, 4) is 0 Å². The molecule has 0 bridgehead atoms. The highest BCUT2D eigenvalue weighted by Crippen LogP contribution is 2.28. The van der Waals surface area contributed by atoms with Crippen LogP contribution in [-0.4, -0.2) is 49.5 Å². The molecule has 10 heteroatoms. The average molecular weight is 409 g/mol. The third-order valence-corrected chi connectivity index (χ3v) is 6.84. The molecule has 0 aliphatic carbocycles. The van der Waals surface area contributed by atoms with Gasteiger partial charge in [-0.05, 0) is 26.0 Å². The van der Waals surface area contributed by atoms with E-state index in [0.29, 0.717) is 34.9 Å². The number of carbonyl (C=O) groups excluding carboxylic acids is 1. The van der Waals surface area contributed by atoms with E-state index >= 15 is 0 Å². The minimum absolute atomic E-state index is 0.0756. The van der Waals surface area contributed by atoms with Crippen molar-refractivity contribution >= 4 is 51.0 Å². The van der Waals surface area contributed by atoms with Gasteiger partial charge in [0.1, 0.15) is 5.01 Å². The second-order valence-electron chi connectivity index (χ2n) is 5.35. The molecule has 3 rings (SSSR count). The summed E-state index contributed by atoms with van der Waals surface area (Å²) in [6.45, 7) is 5.34. The van der Waals surface area contributed by atoms with Gasteiger partial charge in [-0.3, -0.25) is 4.79 Å². The Balaban J connectivity index is 1.59. The minimum Gasteiger partial charge on any atom is -0.343 e. The molecular formula is C16H20N6OS3. The third-order valence-electron chi connectivity index (χ3n) is 3.74. The second-order valence-corrected chi connectivity index (χ2v) is 8.35. The van der Waals surface area contributed by atoms with E-state index < -0.39 is 0 Å². The summed E-state index contributed by atoms with van der Waals surface area (Å²) in [7, 11) is 0. The quantitative estimate of drug-likeness (QED) is 0.453. The first-order valence-corrected chi connectivity index (χ1v) is 11.0. The van der Waals surface area contributed by atoms with E-state index in [-0.39, 0.29) is 5.91 Å². The first-order valence-electron chi connectivity index (χ1n) is 8.20. The number of thiazole rings is 1. The molecule has 2 heterocycles. The maximum atomic E-state index is 12.1. The molecular weight excluding hydrogens is 388 g/mol. The lowest BCUT2D eigenvalue weighted by Gasteiger charge is -2.17. The molecule has 0 unspecified atom stereocenters. The summed E-state index contributed by atoms with van der Waals surface area (Å²) in [5.41, 5.74) is 1.01. The number of benzene rings is 1. The van der Waals surface area contributed by atoms with Crippen LogP contribution >= 0.6 is 34.9 Å². The Hall–Kier alpha value is -1.78. The van der Waals surface area contributed by atoms with Crippen molar-refractivity contribution in [2.75, 3.05) is 24.7 Å². The summed E-state index contributed by atoms with van der Waals surface area (Å²) < 4.78 is 2.61. The third kappa shape index (κ3) is 4.30. The Labute approximate surface area is 164 Å². The molecule has 26 heavy (non-hydrogen) atoms. The van der Waals surface area contributed by atoms with Crippen LogP contribution in [0.5, 0.6) is 0 Å². The lowest BCUT2D eigenvalue weighted by molar-refractivity contribution is -0.127. The molecule has 0 atom stereocenters. The van der Waals surface area contributed by atoms with Crippen molar-refractivity contribution in [3.63, 3.8) is 0 Å². The number of nitrogens with two attached hydrogens (primary N) is 1. The summed E-state index contributed by atoms with van der Waals surface area (Å²) in [6.07, 6.45) is 0. The predicted molar refractivity (Wildman–Crippen MR) is 108 cm³/mol. The molecule has 0 saturated heterocycles. The van der Waals surface area contributed by atoms with Gasteiger partial charge in [0.25, 0.3) is 0 Å². The maximum absolute atomic E-state index is 12.1. The zero-order valence-corrected chi connectivity index (χ0v) is 17.0. The number of rotatable bonds is 8. The molecule has 0 fully saturated rings. The van der Waals surface area contributed by atoms with Crippen molar-refractivity contribution in [1.82, 2.24) is 24.8 Å². The fourth-order valence-corrected chi connectivity index (χ4v) is 5.00. The Bertz CT molecular complexity index is 856. The van der Waals surface area contributed by atoms with E-state index in [2.05, 4.69) is 21.2 Å². The number of nitrogens with zero attached hydrogens (tertiary/aromatic N) is 5. The Morgan fingerprint density at radius 3 is 2.58 bits per heavy atom. The molecule has 0 aliphatic heterocycles. The smallest absolute Gasteiger partial charge is 0.233 e. The number of carbonyl (C=O) groups is 1. The summed E-state index contributed by atoms with van der Waals surface area (Å²) in [4.78, 5) is 18.5. The van der Waals surface area contributed by atoms with Crippen LogP contribution in [0.4, 0.5) is 0 Å². The molecule has 7 nitrogen and oxygen atoms in total. The van der Waals surface area contributed by atoms with Crippen LogP contribution in [0, 0.1) is 0 Å². The normalized spacial score (nSPS) is 11.2. The topological polar surface area (TPSA) is 89.9 Å². The molecule has 0 aliphatic rings. The Morgan fingerprint density at radius 1 is 1.19 bits per heavy atom. The predicted octanol–water partition coefficient (Wildman–Crippen LogP) is 2.85. The van der Waals surface area contributed by atoms with Crippen molar-refractivity contribution in [2.24, 2.45) is 0 Å². The van der Waals surface area contributed by atoms with E-state index in [1.54, 1.807) is 16.2 Å². The summed E-state index contributed by atoms with van der Waals surface area (Å²) in [6, 6.07) is 8.07. The Kier molecular flexibility index (Phi) is 6.38. The van der Waals surface area contributed by atoms with Gasteiger partial charge in [0.2, 0.25) is 16.2 Å². The van der Waals surface area contributed by atoms with Crippen molar-refractivity contribution in [2.45, 2.75) is 29.9 Å². The highest BCUT2D eigenvalue weighted by molar-refractivity contribution is 8.00. The highest BCUT2D eigenvalue weighted by Gasteiger charge is 2.16. The molecule has 2 aromatic heterocycles. The number of aromatic nitrogens is 4. The van der Waals surface area contributed by atoms with Gasteiger partial charge in [-0.25, -0.2) is 9.66 Å². The lowest BCUT2D eigenvalue weighted by Crippen LogP contribution is -2.32. The van der Waals surface area contributed by atoms with Crippen molar-refractivity contribution < 1.29 is 4.79 Å². The number of nitrogen functional groups attached to an aromatic ring is 1. The molecule has 138 valence electrons. The molecule has 0 saturated carbocycles. The maximum Gasteiger partial charge on any atom is 0.233 e. The summed E-state index contributed by atoms with van der Waals surface area (Å²) >= 11 is 4.46. The van der Waals surface area contributed by atoms with Gasteiger partial charge >= 0.3 is 0 Å². The van der Waals surface area contributed by atoms with Gasteiger partial charge in [-0.15, -0.1) is 21.5 Å². The fourth-order valence-electron chi connectivity index (χ4n) is 2.36. The number of amides is 1. The van der Waals surface area contributed by atoms with E-state index in [4.69, 9.17) is 5.84 Å². The highest BCUT2D eigenvalue weighted by atomic mass is 32.2. The summed E-state index contributed by atoms with van der Waals surface area (Å²) in [5, 5.41) is 10.4. The van der Waals surface area contributed by atoms with Gasteiger partial charge in [0.05, 0.1) is 21.7 Å². The largest absolute Gasteiger partial charge is 0.343 e. The fraction of sp³-hybridized carbons (Fsp3) is 0.375. The SMILES string of the molecule is CCN(CC)C(=O)CSc1nnc(SCc2nc3ccccc3s2)n1N. The van der Waals surface area contributed by atoms with Gasteiger partial charge < -0.3 is 10.7 Å². The second kappa shape index (κ2) is 8.74. The first-order chi connectivity index (χ1) is 12.6.